The molecule has 3 nitrogen and oxygen atoms in total. The summed E-state index contributed by atoms with van der Waals surface area (Å²) >= 11 is 0. The minimum Gasteiger partial charge on any atom is -0.397 e. The molecule has 0 unspecified atom stereocenters. The van der Waals surface area contributed by atoms with Crippen molar-refractivity contribution in [2.24, 2.45) is 5.41 Å². The van der Waals surface area contributed by atoms with Crippen LogP contribution >= 0.6 is 0 Å². The molecule has 2 rings (SSSR count). The predicted molar refractivity (Wildman–Crippen MR) is 72.3 cm³/mol. The van der Waals surface area contributed by atoms with E-state index in [1.807, 2.05) is 12.1 Å². The molecule has 0 atom stereocenters. The Morgan fingerprint density at radius 3 is 2.53 bits per heavy atom. The van der Waals surface area contributed by atoms with Crippen molar-refractivity contribution in [3.8, 4) is 0 Å². The highest BCUT2D eigenvalue weighted by atomic mass is 16.5. The maximum Gasteiger partial charge on any atom is 0.0599 e. The third-order valence-corrected chi connectivity index (χ3v) is 3.74. The summed E-state index contributed by atoms with van der Waals surface area (Å²) in [4.78, 5) is 2.38. The monoisotopic (exact) mass is 234 g/mol. The van der Waals surface area contributed by atoms with Crippen LogP contribution in [0.1, 0.15) is 19.8 Å². The number of hydrogen-bond acceptors (Lipinski definition) is 3. The van der Waals surface area contributed by atoms with Gasteiger partial charge in [-0.25, -0.2) is 0 Å². The maximum atomic E-state index is 6.01. The van der Waals surface area contributed by atoms with Gasteiger partial charge < -0.3 is 15.4 Å². The Hall–Kier alpha value is -1.22. The molecule has 0 aliphatic carbocycles. The highest BCUT2D eigenvalue weighted by Gasteiger charge is 2.30. The molecule has 0 amide bonds. The standard InChI is InChI=1S/C14H22N2O/c1-14(11-17-2)7-9-16(10-8-14)13-6-4-3-5-12(13)15/h3-6H,7-11,15H2,1-2H3. The van der Waals surface area contributed by atoms with E-state index in [2.05, 4.69) is 24.0 Å². The summed E-state index contributed by atoms with van der Waals surface area (Å²) in [5.41, 5.74) is 8.39. The highest BCUT2D eigenvalue weighted by molar-refractivity contribution is 5.67. The minimum absolute atomic E-state index is 0.328. The smallest absolute Gasteiger partial charge is 0.0599 e. The van der Waals surface area contributed by atoms with E-state index in [1.165, 1.54) is 5.69 Å². The number of anilines is 2. The van der Waals surface area contributed by atoms with Gasteiger partial charge in [0.2, 0.25) is 0 Å². The maximum absolute atomic E-state index is 6.01. The van der Waals surface area contributed by atoms with Crippen molar-refractivity contribution in [1.82, 2.24) is 0 Å². The van der Waals surface area contributed by atoms with Gasteiger partial charge in [0.25, 0.3) is 0 Å². The number of ether oxygens (including phenoxy) is 1. The lowest BCUT2D eigenvalue weighted by Crippen LogP contribution is -2.41. The Morgan fingerprint density at radius 1 is 1.29 bits per heavy atom. The molecule has 0 saturated carbocycles. The van der Waals surface area contributed by atoms with Crippen molar-refractivity contribution < 1.29 is 4.74 Å². The van der Waals surface area contributed by atoms with Crippen LogP contribution in [0.15, 0.2) is 24.3 Å². The molecule has 0 spiro atoms. The number of nitrogen functional groups attached to an aromatic ring is 1. The Labute approximate surface area is 104 Å². The van der Waals surface area contributed by atoms with Gasteiger partial charge in [-0.05, 0) is 30.4 Å². The summed E-state index contributed by atoms with van der Waals surface area (Å²) in [6, 6.07) is 8.11. The number of piperidine rings is 1. The van der Waals surface area contributed by atoms with Gasteiger partial charge in [0.15, 0.2) is 0 Å². The Kier molecular flexibility index (Phi) is 3.57. The fraction of sp³-hybridized carbons (Fsp3) is 0.571. The number of methoxy groups -OCH3 is 1. The lowest BCUT2D eigenvalue weighted by molar-refractivity contribution is 0.0731. The predicted octanol–water partition coefficient (Wildman–Crippen LogP) is 2.52. The van der Waals surface area contributed by atoms with E-state index >= 15 is 0 Å². The summed E-state index contributed by atoms with van der Waals surface area (Å²) in [6.45, 7) is 5.29. The van der Waals surface area contributed by atoms with Gasteiger partial charge in [-0.3, -0.25) is 0 Å². The number of nitrogens with zero attached hydrogens (tertiary/aromatic N) is 1. The van der Waals surface area contributed by atoms with Crippen LogP contribution in [-0.4, -0.2) is 26.8 Å². The fourth-order valence-electron chi connectivity index (χ4n) is 2.56. The van der Waals surface area contributed by atoms with Gasteiger partial charge >= 0.3 is 0 Å². The van der Waals surface area contributed by atoms with Gasteiger partial charge in [-0.1, -0.05) is 19.1 Å². The third kappa shape index (κ3) is 2.72. The van der Waals surface area contributed by atoms with E-state index in [-0.39, 0.29) is 0 Å². The van der Waals surface area contributed by atoms with Crippen LogP contribution in [0.25, 0.3) is 0 Å². The summed E-state index contributed by atoms with van der Waals surface area (Å²) in [5, 5.41) is 0. The number of nitrogens with two attached hydrogens (primary N) is 1. The molecule has 1 aliphatic heterocycles. The number of rotatable bonds is 3. The first-order chi connectivity index (χ1) is 8.14. The Bertz CT molecular complexity index is 370. The molecule has 3 heteroatoms. The molecule has 1 saturated heterocycles. The zero-order valence-electron chi connectivity index (χ0n) is 10.8. The van der Waals surface area contributed by atoms with Gasteiger partial charge in [0.1, 0.15) is 0 Å². The van der Waals surface area contributed by atoms with Crippen molar-refractivity contribution >= 4 is 11.4 Å². The second kappa shape index (κ2) is 4.96. The van der Waals surface area contributed by atoms with E-state index in [0.29, 0.717) is 5.41 Å². The molecule has 17 heavy (non-hydrogen) atoms. The summed E-state index contributed by atoms with van der Waals surface area (Å²) < 4.78 is 5.31. The normalized spacial score (nSPS) is 19.3. The van der Waals surface area contributed by atoms with E-state index in [1.54, 1.807) is 7.11 Å². The van der Waals surface area contributed by atoms with E-state index in [9.17, 15) is 0 Å². The van der Waals surface area contributed by atoms with Crippen LogP contribution in [0.5, 0.6) is 0 Å². The van der Waals surface area contributed by atoms with Crippen molar-refractivity contribution in [2.45, 2.75) is 19.8 Å². The molecule has 1 aliphatic rings. The van der Waals surface area contributed by atoms with Crippen molar-refractivity contribution in [3.05, 3.63) is 24.3 Å². The number of hydrogen-bond donors (Lipinski definition) is 1. The average molecular weight is 234 g/mol. The Morgan fingerprint density at radius 2 is 1.94 bits per heavy atom. The van der Waals surface area contributed by atoms with Crippen LogP contribution in [0, 0.1) is 5.41 Å². The van der Waals surface area contributed by atoms with E-state index in [0.717, 1.165) is 38.2 Å². The molecule has 1 heterocycles. The molecule has 0 aromatic heterocycles. The van der Waals surface area contributed by atoms with Crippen molar-refractivity contribution in [3.63, 3.8) is 0 Å². The zero-order valence-corrected chi connectivity index (χ0v) is 10.8. The van der Waals surface area contributed by atoms with Gasteiger partial charge in [0.05, 0.1) is 18.0 Å². The molecular formula is C14H22N2O. The third-order valence-electron chi connectivity index (χ3n) is 3.74. The van der Waals surface area contributed by atoms with Gasteiger partial charge in [0, 0.05) is 20.2 Å². The minimum atomic E-state index is 0.328. The lowest BCUT2D eigenvalue weighted by Gasteiger charge is -2.40. The molecule has 0 bridgehead atoms. The second-order valence-corrected chi connectivity index (χ2v) is 5.29. The molecular weight excluding hydrogens is 212 g/mol. The quantitative estimate of drug-likeness (QED) is 0.817. The van der Waals surface area contributed by atoms with Crippen LogP contribution in [0.4, 0.5) is 11.4 Å². The molecule has 2 N–H and O–H groups in total. The largest absolute Gasteiger partial charge is 0.397 e. The summed E-state index contributed by atoms with van der Waals surface area (Å²) in [7, 11) is 1.78. The van der Waals surface area contributed by atoms with E-state index in [4.69, 9.17) is 10.5 Å². The first-order valence-electron chi connectivity index (χ1n) is 6.23. The number of para-hydroxylation sites is 2. The number of benzene rings is 1. The Balaban J connectivity index is 2.02. The summed E-state index contributed by atoms with van der Waals surface area (Å²) in [6.07, 6.45) is 2.32. The first-order valence-corrected chi connectivity index (χ1v) is 6.23. The molecule has 1 aromatic rings. The fourth-order valence-corrected chi connectivity index (χ4v) is 2.56. The van der Waals surface area contributed by atoms with Crippen LogP contribution in [0.2, 0.25) is 0 Å². The SMILES string of the molecule is COCC1(C)CCN(c2ccccc2N)CC1. The van der Waals surface area contributed by atoms with Crippen molar-refractivity contribution in [2.75, 3.05) is 37.4 Å². The zero-order chi connectivity index (χ0) is 12.3. The van der Waals surface area contributed by atoms with Gasteiger partial charge in [-0.2, -0.15) is 0 Å². The van der Waals surface area contributed by atoms with Gasteiger partial charge in [-0.15, -0.1) is 0 Å². The lowest BCUT2D eigenvalue weighted by atomic mass is 9.81. The van der Waals surface area contributed by atoms with Crippen LogP contribution < -0.4 is 10.6 Å². The highest BCUT2D eigenvalue weighted by Crippen LogP contribution is 2.34. The molecule has 0 radical (unpaired) electrons. The topological polar surface area (TPSA) is 38.5 Å². The summed E-state index contributed by atoms with van der Waals surface area (Å²) in [5.74, 6) is 0. The van der Waals surface area contributed by atoms with Crippen LogP contribution in [-0.2, 0) is 4.74 Å². The van der Waals surface area contributed by atoms with Crippen LogP contribution in [0.3, 0.4) is 0 Å². The molecule has 94 valence electrons. The first kappa shape index (κ1) is 12.2. The molecule has 1 aromatic carbocycles. The average Bonchev–Trinajstić information content (AvgIpc) is 2.31. The second-order valence-electron chi connectivity index (χ2n) is 5.29. The van der Waals surface area contributed by atoms with E-state index < -0.39 is 0 Å². The molecule has 1 fully saturated rings. The van der Waals surface area contributed by atoms with Crippen molar-refractivity contribution in [1.29, 1.82) is 0 Å².